The Morgan fingerprint density at radius 1 is 1.36 bits per heavy atom. The zero-order valence-electron chi connectivity index (χ0n) is 13.6. The number of likely N-dealkylation sites (tertiary alicyclic amines) is 1. The summed E-state index contributed by atoms with van der Waals surface area (Å²) in [4.78, 5) is 31.3. The molecule has 1 atom stereocenters. The molecule has 2 heterocycles. The Morgan fingerprint density at radius 2 is 2.16 bits per heavy atom. The largest absolute Gasteiger partial charge is 0.339 e. The van der Waals surface area contributed by atoms with Gasteiger partial charge in [0.25, 0.3) is 0 Å². The van der Waals surface area contributed by atoms with Gasteiger partial charge in [0.05, 0.1) is 5.92 Å². The summed E-state index contributed by atoms with van der Waals surface area (Å²) in [6.07, 6.45) is 4.47. The number of amides is 2. The van der Waals surface area contributed by atoms with Gasteiger partial charge in [-0.25, -0.2) is 9.37 Å². The van der Waals surface area contributed by atoms with E-state index >= 15 is 0 Å². The number of benzene rings is 1. The van der Waals surface area contributed by atoms with E-state index in [0.29, 0.717) is 29.7 Å². The topological polar surface area (TPSA) is 62.3 Å². The van der Waals surface area contributed by atoms with Crippen LogP contribution in [-0.2, 0) is 16.0 Å². The maximum atomic E-state index is 13.7. The number of carbonyl (C=O) groups is 2. The number of halogens is 1. The molecule has 4 rings (SSSR count). The van der Waals surface area contributed by atoms with Gasteiger partial charge in [0.2, 0.25) is 11.8 Å². The van der Waals surface area contributed by atoms with E-state index in [1.54, 1.807) is 24.4 Å². The summed E-state index contributed by atoms with van der Waals surface area (Å²) < 4.78 is 13.7. The van der Waals surface area contributed by atoms with Gasteiger partial charge in [-0.05, 0) is 24.5 Å². The molecule has 2 fully saturated rings. The molecule has 1 aliphatic carbocycles. The van der Waals surface area contributed by atoms with Crippen LogP contribution in [0.5, 0.6) is 0 Å². The van der Waals surface area contributed by atoms with Crippen LogP contribution in [0.1, 0.15) is 29.7 Å². The van der Waals surface area contributed by atoms with E-state index < -0.39 is 0 Å². The summed E-state index contributed by atoms with van der Waals surface area (Å²) in [6.45, 7) is 0.503. The highest BCUT2D eigenvalue weighted by molar-refractivity contribution is 7.15. The van der Waals surface area contributed by atoms with E-state index in [-0.39, 0.29) is 30.0 Å². The standard InChI is InChI=1S/C18H18FN3O2S/c19-15-4-2-1-3-11(15)7-14-9-20-18(25-14)21-17(24)12-8-16(23)22(10-12)13-5-6-13/h1-4,9,12-13H,5-8,10H2,(H,20,21,24). The number of thiazole rings is 1. The molecule has 7 heteroatoms. The number of nitrogens with zero attached hydrogens (tertiary/aromatic N) is 2. The van der Waals surface area contributed by atoms with Gasteiger partial charge in [-0.3, -0.25) is 9.59 Å². The van der Waals surface area contributed by atoms with Crippen LogP contribution in [0.4, 0.5) is 9.52 Å². The van der Waals surface area contributed by atoms with Crippen molar-refractivity contribution in [2.75, 3.05) is 11.9 Å². The molecule has 0 radical (unpaired) electrons. The van der Waals surface area contributed by atoms with Crippen molar-refractivity contribution >= 4 is 28.3 Å². The van der Waals surface area contributed by atoms with Gasteiger partial charge in [-0.15, -0.1) is 11.3 Å². The van der Waals surface area contributed by atoms with Crippen molar-refractivity contribution in [3.63, 3.8) is 0 Å². The smallest absolute Gasteiger partial charge is 0.231 e. The Bertz CT molecular complexity index is 818. The molecule has 1 aromatic heterocycles. The monoisotopic (exact) mass is 359 g/mol. The summed E-state index contributed by atoms with van der Waals surface area (Å²) in [5, 5.41) is 3.30. The number of nitrogens with one attached hydrogen (secondary N) is 1. The Morgan fingerprint density at radius 3 is 2.92 bits per heavy atom. The van der Waals surface area contributed by atoms with Crippen molar-refractivity contribution in [1.29, 1.82) is 0 Å². The predicted octanol–water partition coefficient (Wildman–Crippen LogP) is 2.82. The quantitative estimate of drug-likeness (QED) is 0.893. The number of rotatable bonds is 5. The lowest BCUT2D eigenvalue weighted by molar-refractivity contribution is -0.128. The average molecular weight is 359 g/mol. The predicted molar refractivity (Wildman–Crippen MR) is 92.8 cm³/mol. The number of hydrogen-bond donors (Lipinski definition) is 1. The zero-order valence-corrected chi connectivity index (χ0v) is 14.4. The highest BCUT2D eigenvalue weighted by Gasteiger charge is 2.41. The first-order valence-electron chi connectivity index (χ1n) is 8.38. The molecular weight excluding hydrogens is 341 g/mol. The second kappa shape index (κ2) is 6.55. The molecular formula is C18H18FN3O2S. The van der Waals surface area contributed by atoms with E-state index in [9.17, 15) is 14.0 Å². The second-order valence-corrected chi connectivity index (χ2v) is 7.68. The van der Waals surface area contributed by atoms with Crippen molar-refractivity contribution in [3.05, 3.63) is 46.7 Å². The minimum Gasteiger partial charge on any atom is -0.339 e. The van der Waals surface area contributed by atoms with Gasteiger partial charge < -0.3 is 10.2 Å². The summed E-state index contributed by atoms with van der Waals surface area (Å²) in [5.41, 5.74) is 0.602. The molecule has 130 valence electrons. The normalized spacial score (nSPS) is 20.1. The fraction of sp³-hybridized carbons (Fsp3) is 0.389. The Kier molecular flexibility index (Phi) is 4.25. The SMILES string of the molecule is O=C(Nc1ncc(Cc2ccccc2F)s1)C1CC(=O)N(C2CC2)C1. The third-order valence-electron chi connectivity index (χ3n) is 4.62. The molecule has 25 heavy (non-hydrogen) atoms. The molecule has 1 saturated carbocycles. The van der Waals surface area contributed by atoms with E-state index in [1.165, 1.54) is 17.4 Å². The summed E-state index contributed by atoms with van der Waals surface area (Å²) >= 11 is 1.34. The first kappa shape index (κ1) is 16.2. The lowest BCUT2D eigenvalue weighted by Gasteiger charge is -2.14. The van der Waals surface area contributed by atoms with Crippen molar-refractivity contribution in [2.45, 2.75) is 31.7 Å². The molecule has 5 nitrogen and oxygen atoms in total. The van der Waals surface area contributed by atoms with Crippen LogP contribution in [0.25, 0.3) is 0 Å². The first-order valence-corrected chi connectivity index (χ1v) is 9.20. The molecule has 1 aromatic carbocycles. The van der Waals surface area contributed by atoms with Crippen LogP contribution in [0.2, 0.25) is 0 Å². The summed E-state index contributed by atoms with van der Waals surface area (Å²) in [7, 11) is 0. The van der Waals surface area contributed by atoms with Crippen LogP contribution in [0.3, 0.4) is 0 Å². The zero-order chi connectivity index (χ0) is 17.4. The average Bonchev–Trinajstić information content (AvgIpc) is 3.22. The second-order valence-electron chi connectivity index (χ2n) is 6.57. The number of anilines is 1. The third-order valence-corrected chi connectivity index (χ3v) is 5.54. The van der Waals surface area contributed by atoms with Crippen LogP contribution in [0.15, 0.2) is 30.5 Å². The lowest BCUT2D eigenvalue weighted by Crippen LogP contribution is -2.29. The molecule has 2 aromatic rings. The molecule has 1 saturated heterocycles. The van der Waals surface area contributed by atoms with Gasteiger partial charge in [-0.1, -0.05) is 18.2 Å². The highest BCUT2D eigenvalue weighted by Crippen LogP contribution is 2.33. The fourth-order valence-electron chi connectivity index (χ4n) is 3.13. The van der Waals surface area contributed by atoms with Crippen LogP contribution in [0, 0.1) is 11.7 Å². The van der Waals surface area contributed by atoms with Crippen LogP contribution in [-0.4, -0.2) is 34.3 Å². The number of carbonyl (C=O) groups excluding carboxylic acids is 2. The first-order chi connectivity index (χ1) is 12.1. The molecule has 2 aliphatic rings. The third kappa shape index (κ3) is 3.56. The van der Waals surface area contributed by atoms with E-state index in [2.05, 4.69) is 10.3 Å². The molecule has 0 spiro atoms. The minimum absolute atomic E-state index is 0.0713. The maximum Gasteiger partial charge on any atom is 0.231 e. The van der Waals surface area contributed by atoms with E-state index in [4.69, 9.17) is 0 Å². The van der Waals surface area contributed by atoms with Gasteiger partial charge in [0, 0.05) is 36.5 Å². The summed E-state index contributed by atoms with van der Waals surface area (Å²) in [6, 6.07) is 6.97. The van der Waals surface area contributed by atoms with E-state index in [1.807, 2.05) is 4.90 Å². The van der Waals surface area contributed by atoms with Crippen LogP contribution >= 0.6 is 11.3 Å². The molecule has 1 unspecified atom stereocenters. The van der Waals surface area contributed by atoms with Gasteiger partial charge in [0.15, 0.2) is 5.13 Å². The van der Waals surface area contributed by atoms with Crippen molar-refractivity contribution in [2.24, 2.45) is 5.92 Å². The number of hydrogen-bond acceptors (Lipinski definition) is 4. The van der Waals surface area contributed by atoms with Gasteiger partial charge in [0.1, 0.15) is 5.82 Å². The highest BCUT2D eigenvalue weighted by atomic mass is 32.1. The van der Waals surface area contributed by atoms with Crippen molar-refractivity contribution < 1.29 is 14.0 Å². The fourth-order valence-corrected chi connectivity index (χ4v) is 3.97. The van der Waals surface area contributed by atoms with Crippen LogP contribution < -0.4 is 5.32 Å². The molecule has 1 N–H and O–H groups in total. The minimum atomic E-state index is -0.313. The lowest BCUT2D eigenvalue weighted by atomic mass is 10.1. The Balaban J connectivity index is 1.37. The van der Waals surface area contributed by atoms with Gasteiger partial charge >= 0.3 is 0 Å². The van der Waals surface area contributed by atoms with Crippen molar-refractivity contribution in [3.8, 4) is 0 Å². The Hall–Kier alpha value is -2.28. The summed E-state index contributed by atoms with van der Waals surface area (Å²) in [5.74, 6) is -0.650. The number of aromatic nitrogens is 1. The van der Waals surface area contributed by atoms with E-state index in [0.717, 1.165) is 17.7 Å². The molecule has 1 aliphatic heterocycles. The maximum absolute atomic E-state index is 13.7. The van der Waals surface area contributed by atoms with Gasteiger partial charge in [-0.2, -0.15) is 0 Å². The molecule has 0 bridgehead atoms. The Labute approximate surface area is 148 Å². The molecule has 2 amide bonds. The van der Waals surface area contributed by atoms with Crippen molar-refractivity contribution in [1.82, 2.24) is 9.88 Å².